The molecule has 0 saturated heterocycles. The maximum Gasteiger partial charge on any atom is 0.368 e. The first-order valence-corrected chi connectivity index (χ1v) is 9.10. The second-order valence-electron chi connectivity index (χ2n) is 6.26. The molecule has 150 valence electrons. The van der Waals surface area contributed by atoms with Crippen LogP contribution >= 0.6 is 0 Å². The number of nitrogens with zero attached hydrogens (tertiary/aromatic N) is 8. The molecule has 0 aliphatic heterocycles. The summed E-state index contributed by atoms with van der Waals surface area (Å²) in [6, 6.07) is 7.35. The lowest BCUT2D eigenvalue weighted by Gasteiger charge is -2.13. The minimum Gasteiger partial charge on any atom is -0.475 e. The van der Waals surface area contributed by atoms with Gasteiger partial charge in [-0.3, -0.25) is 0 Å². The van der Waals surface area contributed by atoms with Crippen molar-refractivity contribution in [2.45, 2.75) is 33.8 Å². The Kier molecular flexibility index (Phi) is 6.22. The number of benzene rings is 1. The van der Waals surface area contributed by atoms with Gasteiger partial charge in [0.1, 0.15) is 12.3 Å². The Morgan fingerprint density at radius 1 is 1.14 bits per heavy atom. The average Bonchev–Trinajstić information content (AvgIpc) is 3.07. The number of ether oxygens (including phenoxy) is 1. The highest BCUT2D eigenvalue weighted by Crippen LogP contribution is 2.18. The Labute approximate surface area is 167 Å². The number of aromatic nitrogens is 6. The number of aryl methyl sites for hydroxylation is 2. The van der Waals surface area contributed by atoms with E-state index < -0.39 is 0 Å². The van der Waals surface area contributed by atoms with Crippen molar-refractivity contribution in [3.05, 3.63) is 64.1 Å². The molecule has 0 bridgehead atoms. The summed E-state index contributed by atoms with van der Waals surface area (Å²) in [6.45, 7) is 5.87. The van der Waals surface area contributed by atoms with Crippen molar-refractivity contribution in [2.75, 3.05) is 0 Å². The van der Waals surface area contributed by atoms with E-state index in [9.17, 15) is 4.79 Å². The molecule has 0 radical (unpaired) electrons. The zero-order chi connectivity index (χ0) is 20.8. The van der Waals surface area contributed by atoms with Crippen LogP contribution in [0.25, 0.3) is 5.69 Å². The molecule has 3 aromatic rings. The van der Waals surface area contributed by atoms with Gasteiger partial charge in [-0.05, 0) is 42.0 Å². The van der Waals surface area contributed by atoms with Crippen LogP contribution in [0.15, 0.2) is 51.7 Å². The van der Waals surface area contributed by atoms with Crippen LogP contribution in [-0.2, 0) is 18.4 Å². The minimum absolute atomic E-state index is 0.216. The lowest BCUT2D eigenvalue weighted by Crippen LogP contribution is -2.23. The van der Waals surface area contributed by atoms with Crippen LogP contribution in [0, 0.1) is 6.92 Å². The Balaban J connectivity index is 1.83. The summed E-state index contributed by atoms with van der Waals surface area (Å²) in [5, 5.41) is 16.1. The van der Waals surface area contributed by atoms with E-state index in [0.717, 1.165) is 11.1 Å². The van der Waals surface area contributed by atoms with Crippen LogP contribution < -0.4 is 5.69 Å². The van der Waals surface area contributed by atoms with Crippen LogP contribution in [0.1, 0.15) is 37.2 Å². The molecule has 0 unspecified atom stereocenters. The first-order chi connectivity index (χ1) is 14.0. The van der Waals surface area contributed by atoms with Gasteiger partial charge >= 0.3 is 5.69 Å². The highest BCUT2D eigenvalue weighted by atomic mass is 16.5. The maximum atomic E-state index is 12.2. The second kappa shape index (κ2) is 9.00. The fourth-order valence-electron chi connectivity index (χ4n) is 2.56. The smallest absolute Gasteiger partial charge is 0.368 e. The van der Waals surface area contributed by atoms with Crippen LogP contribution in [0.3, 0.4) is 0 Å². The van der Waals surface area contributed by atoms with Crippen molar-refractivity contribution in [1.82, 2.24) is 29.8 Å². The molecule has 0 aliphatic carbocycles. The molecule has 0 fully saturated rings. The van der Waals surface area contributed by atoms with E-state index in [4.69, 9.17) is 4.74 Å². The summed E-state index contributed by atoms with van der Waals surface area (Å²) in [5.74, 6) is 0.968. The first-order valence-electron chi connectivity index (χ1n) is 9.10. The van der Waals surface area contributed by atoms with Crippen molar-refractivity contribution in [3.8, 4) is 5.69 Å². The van der Waals surface area contributed by atoms with E-state index >= 15 is 0 Å². The van der Waals surface area contributed by atoms with Crippen LogP contribution in [0.4, 0.5) is 0 Å². The molecular formula is C19H22N8O2. The van der Waals surface area contributed by atoms with Crippen LogP contribution in [0.5, 0.6) is 0 Å². The van der Waals surface area contributed by atoms with Crippen molar-refractivity contribution in [2.24, 2.45) is 17.3 Å². The van der Waals surface area contributed by atoms with E-state index in [1.807, 2.05) is 26.0 Å². The van der Waals surface area contributed by atoms with E-state index in [2.05, 4.69) is 30.6 Å². The summed E-state index contributed by atoms with van der Waals surface area (Å²) < 4.78 is 8.31. The molecule has 0 aliphatic rings. The number of rotatable bonds is 6. The zero-order valence-electron chi connectivity index (χ0n) is 16.8. The normalized spacial score (nSPS) is 12.3. The topological polar surface area (TPSA) is 112 Å². The predicted octanol–water partition coefficient (Wildman–Crippen LogP) is 1.81. The highest BCUT2D eigenvalue weighted by molar-refractivity contribution is 5.95. The quantitative estimate of drug-likeness (QED) is 0.358. The van der Waals surface area contributed by atoms with Gasteiger partial charge in [-0.1, -0.05) is 19.1 Å². The van der Waals surface area contributed by atoms with Crippen LogP contribution in [0.2, 0.25) is 0 Å². The van der Waals surface area contributed by atoms with Gasteiger partial charge in [0.15, 0.2) is 5.82 Å². The Bertz CT molecular complexity index is 1100. The zero-order valence-corrected chi connectivity index (χ0v) is 16.8. The van der Waals surface area contributed by atoms with Crippen molar-refractivity contribution >= 4 is 11.6 Å². The number of hydrogen-bond donors (Lipinski definition) is 0. The van der Waals surface area contributed by atoms with Crippen molar-refractivity contribution in [1.29, 1.82) is 0 Å². The summed E-state index contributed by atoms with van der Waals surface area (Å²) in [7, 11) is 1.55. The van der Waals surface area contributed by atoms with E-state index in [1.54, 1.807) is 38.5 Å². The molecular weight excluding hydrogens is 372 g/mol. The number of tetrazole rings is 1. The largest absolute Gasteiger partial charge is 0.475 e. The highest BCUT2D eigenvalue weighted by Gasteiger charge is 2.14. The second-order valence-corrected chi connectivity index (χ2v) is 6.26. The summed E-state index contributed by atoms with van der Waals surface area (Å²) in [4.78, 5) is 20.5. The first kappa shape index (κ1) is 20.1. The molecule has 3 rings (SSSR count). The van der Waals surface area contributed by atoms with E-state index in [0.29, 0.717) is 29.5 Å². The van der Waals surface area contributed by atoms with Gasteiger partial charge in [-0.15, -0.1) is 10.2 Å². The molecule has 10 heteroatoms. The van der Waals surface area contributed by atoms with Gasteiger partial charge in [0, 0.05) is 31.4 Å². The number of hydrogen-bond acceptors (Lipinski definition) is 8. The molecule has 29 heavy (non-hydrogen) atoms. The van der Waals surface area contributed by atoms with E-state index in [-0.39, 0.29) is 12.3 Å². The molecule has 0 spiro atoms. The molecule has 2 heterocycles. The van der Waals surface area contributed by atoms with Crippen LogP contribution in [-0.4, -0.2) is 41.4 Å². The molecule has 0 amide bonds. The molecule has 10 nitrogen and oxygen atoms in total. The van der Waals surface area contributed by atoms with Gasteiger partial charge < -0.3 is 4.74 Å². The lowest BCUT2D eigenvalue weighted by atomic mass is 10.1. The van der Waals surface area contributed by atoms with Gasteiger partial charge in [0.25, 0.3) is 0 Å². The Hall–Kier alpha value is -3.69. The van der Waals surface area contributed by atoms with Gasteiger partial charge in [0.05, 0.1) is 5.69 Å². The third-order valence-electron chi connectivity index (χ3n) is 4.22. The molecule has 0 saturated carbocycles. The third kappa shape index (κ3) is 4.60. The maximum absolute atomic E-state index is 12.2. The summed E-state index contributed by atoms with van der Waals surface area (Å²) in [6.07, 6.45) is 3.85. The van der Waals surface area contributed by atoms with Crippen molar-refractivity contribution < 1.29 is 4.74 Å². The molecule has 0 atom stereocenters. The average molecular weight is 394 g/mol. The molecule has 0 N–H and O–H groups in total. The third-order valence-corrected chi connectivity index (χ3v) is 4.22. The van der Waals surface area contributed by atoms with E-state index in [1.165, 1.54) is 9.36 Å². The fourth-order valence-corrected chi connectivity index (χ4v) is 2.56. The van der Waals surface area contributed by atoms with Gasteiger partial charge in [0.2, 0.25) is 5.90 Å². The Morgan fingerprint density at radius 3 is 2.55 bits per heavy atom. The van der Waals surface area contributed by atoms with Gasteiger partial charge in [-0.25, -0.2) is 14.8 Å². The SMILES string of the molecule is CC/C(=N/N=C(C)c1ncccn1)OCc1c(C)cccc1-n1nnn(C)c1=O. The summed E-state index contributed by atoms with van der Waals surface area (Å²) >= 11 is 0. The predicted molar refractivity (Wildman–Crippen MR) is 108 cm³/mol. The molecule has 1 aromatic carbocycles. The van der Waals surface area contributed by atoms with Gasteiger partial charge in [-0.2, -0.15) is 9.36 Å². The standard InChI is InChI=1S/C19H22N8O2/c1-5-17(23-22-14(3)18-20-10-7-11-21-18)29-12-15-13(2)8-6-9-16(15)27-19(28)26(4)24-25-27/h6-11H,5,12H2,1-4H3/b22-14?,23-17-. The lowest BCUT2D eigenvalue weighted by molar-refractivity contribution is 0.282. The molecule has 2 aromatic heterocycles. The monoisotopic (exact) mass is 394 g/mol. The minimum atomic E-state index is -0.329. The Morgan fingerprint density at radius 2 is 1.90 bits per heavy atom. The fraction of sp³-hybridized carbons (Fsp3) is 0.316. The van der Waals surface area contributed by atoms with Crippen molar-refractivity contribution in [3.63, 3.8) is 0 Å². The summed E-state index contributed by atoms with van der Waals surface area (Å²) in [5.41, 5.74) is 2.67.